The minimum atomic E-state index is -0.233. The molecule has 2 aromatic rings. The first-order valence-electron chi connectivity index (χ1n) is 8.64. The number of carbonyl (C=O) groups is 1. The highest BCUT2D eigenvalue weighted by Crippen LogP contribution is 2.34. The maximum atomic E-state index is 13.6. The van der Waals surface area contributed by atoms with Gasteiger partial charge in [0.25, 0.3) is 0 Å². The summed E-state index contributed by atoms with van der Waals surface area (Å²) in [4.78, 5) is 18.6. The quantitative estimate of drug-likeness (QED) is 0.895. The number of hydrogen-bond donors (Lipinski definition) is 2. The van der Waals surface area contributed by atoms with Gasteiger partial charge in [-0.2, -0.15) is 0 Å². The molecule has 0 bridgehead atoms. The number of halogens is 1. The van der Waals surface area contributed by atoms with E-state index >= 15 is 0 Å². The molecule has 25 heavy (non-hydrogen) atoms. The highest BCUT2D eigenvalue weighted by molar-refractivity contribution is 5.78. The van der Waals surface area contributed by atoms with Crippen molar-refractivity contribution in [1.29, 1.82) is 0 Å². The monoisotopic (exact) mass is 340 g/mol. The Labute approximate surface area is 146 Å². The van der Waals surface area contributed by atoms with Crippen LogP contribution in [0.2, 0.25) is 0 Å². The van der Waals surface area contributed by atoms with Crippen molar-refractivity contribution in [2.45, 2.75) is 24.9 Å². The van der Waals surface area contributed by atoms with Gasteiger partial charge in [-0.05, 0) is 35.7 Å². The van der Waals surface area contributed by atoms with Crippen LogP contribution in [0.4, 0.5) is 4.39 Å². The van der Waals surface area contributed by atoms with Crippen LogP contribution in [0.5, 0.6) is 0 Å². The van der Waals surface area contributed by atoms with Gasteiger partial charge < -0.3 is 4.90 Å². The second kappa shape index (κ2) is 6.90. The van der Waals surface area contributed by atoms with Gasteiger partial charge in [0.2, 0.25) is 5.91 Å². The van der Waals surface area contributed by atoms with Crippen LogP contribution < -0.4 is 10.9 Å². The van der Waals surface area contributed by atoms with E-state index in [9.17, 15) is 9.18 Å². The average molecular weight is 340 g/mol. The number of fused-ring (bicyclic) bond motifs is 1. The van der Waals surface area contributed by atoms with Gasteiger partial charge in [-0.25, -0.2) is 9.82 Å². The Morgan fingerprint density at radius 3 is 3.00 bits per heavy atom. The van der Waals surface area contributed by atoms with Crippen LogP contribution in [-0.4, -0.2) is 34.9 Å². The lowest BCUT2D eigenvalue weighted by atomic mass is 9.85. The van der Waals surface area contributed by atoms with E-state index in [0.717, 1.165) is 24.1 Å². The fourth-order valence-electron chi connectivity index (χ4n) is 3.85. The van der Waals surface area contributed by atoms with Crippen LogP contribution >= 0.6 is 0 Å². The summed E-state index contributed by atoms with van der Waals surface area (Å²) in [6.07, 6.45) is 4.71. The molecular formula is C19H21FN4O. The Bertz CT molecular complexity index is 754. The second-order valence-electron chi connectivity index (χ2n) is 6.76. The molecule has 0 aliphatic carbocycles. The Balaban J connectivity index is 1.47. The van der Waals surface area contributed by atoms with E-state index in [-0.39, 0.29) is 23.7 Å². The fraction of sp³-hybridized carbons (Fsp3) is 0.368. The zero-order chi connectivity index (χ0) is 17.2. The van der Waals surface area contributed by atoms with E-state index in [1.807, 2.05) is 23.1 Å². The summed E-state index contributed by atoms with van der Waals surface area (Å²) in [5.41, 5.74) is 8.45. The summed E-state index contributed by atoms with van der Waals surface area (Å²) in [6.45, 7) is 1.41. The molecule has 2 N–H and O–H groups in total. The van der Waals surface area contributed by atoms with Crippen LogP contribution in [0.3, 0.4) is 0 Å². The molecule has 3 unspecified atom stereocenters. The molecule has 2 saturated heterocycles. The topological polar surface area (TPSA) is 57.3 Å². The summed E-state index contributed by atoms with van der Waals surface area (Å²) in [7, 11) is 0. The molecule has 6 heteroatoms. The van der Waals surface area contributed by atoms with Crippen LogP contribution in [0.25, 0.3) is 0 Å². The van der Waals surface area contributed by atoms with E-state index in [2.05, 4.69) is 15.8 Å². The summed E-state index contributed by atoms with van der Waals surface area (Å²) in [5, 5.41) is 0. The molecule has 3 atom stereocenters. The zero-order valence-electron chi connectivity index (χ0n) is 13.9. The van der Waals surface area contributed by atoms with Crippen molar-refractivity contribution in [2.24, 2.45) is 5.92 Å². The highest BCUT2D eigenvalue weighted by Gasteiger charge is 2.41. The molecule has 5 nitrogen and oxygen atoms in total. The third-order valence-electron chi connectivity index (χ3n) is 5.15. The predicted octanol–water partition coefficient (Wildman–Crippen LogP) is 1.83. The number of hydrazine groups is 1. The van der Waals surface area contributed by atoms with Gasteiger partial charge in [0.05, 0.1) is 12.5 Å². The largest absolute Gasteiger partial charge is 0.342 e. The molecular weight excluding hydrogens is 319 g/mol. The van der Waals surface area contributed by atoms with Gasteiger partial charge in [-0.15, -0.1) is 0 Å². The smallest absolute Gasteiger partial charge is 0.227 e. The molecule has 130 valence electrons. The third-order valence-corrected chi connectivity index (χ3v) is 5.15. The molecule has 2 aliphatic rings. The van der Waals surface area contributed by atoms with Crippen molar-refractivity contribution < 1.29 is 9.18 Å². The van der Waals surface area contributed by atoms with E-state index < -0.39 is 0 Å². The SMILES string of the molecule is O=C(Cc1cccnc1)N1CCC2NNC(c3cccc(F)c3)C2C1. The van der Waals surface area contributed by atoms with Crippen molar-refractivity contribution in [2.75, 3.05) is 13.1 Å². The first-order chi connectivity index (χ1) is 12.2. The first kappa shape index (κ1) is 16.2. The molecule has 1 aromatic heterocycles. The summed E-state index contributed by atoms with van der Waals surface area (Å²) in [5.74, 6) is 0.118. The number of aromatic nitrogens is 1. The van der Waals surface area contributed by atoms with Crippen molar-refractivity contribution in [3.05, 3.63) is 65.7 Å². The lowest BCUT2D eigenvalue weighted by Crippen LogP contribution is -2.48. The van der Waals surface area contributed by atoms with Crippen molar-refractivity contribution in [3.63, 3.8) is 0 Å². The normalized spacial score (nSPS) is 25.6. The second-order valence-corrected chi connectivity index (χ2v) is 6.76. The number of amides is 1. The lowest BCUT2D eigenvalue weighted by Gasteiger charge is -2.36. The van der Waals surface area contributed by atoms with Gasteiger partial charge in [0.15, 0.2) is 0 Å². The Kier molecular flexibility index (Phi) is 4.46. The number of benzene rings is 1. The molecule has 4 rings (SSSR count). The van der Waals surface area contributed by atoms with E-state index in [4.69, 9.17) is 0 Å². The number of hydrogen-bond acceptors (Lipinski definition) is 4. The van der Waals surface area contributed by atoms with Crippen LogP contribution in [0.15, 0.2) is 48.8 Å². The number of nitrogens with zero attached hydrogens (tertiary/aromatic N) is 2. The molecule has 1 amide bonds. The van der Waals surface area contributed by atoms with Crippen LogP contribution in [-0.2, 0) is 11.2 Å². The molecule has 2 fully saturated rings. The summed E-state index contributed by atoms with van der Waals surface area (Å²) < 4.78 is 13.6. The van der Waals surface area contributed by atoms with Gasteiger partial charge in [-0.1, -0.05) is 18.2 Å². The molecule has 2 aliphatic heterocycles. The maximum absolute atomic E-state index is 13.6. The van der Waals surface area contributed by atoms with Gasteiger partial charge in [-0.3, -0.25) is 15.2 Å². The van der Waals surface area contributed by atoms with E-state index in [1.165, 1.54) is 6.07 Å². The Hall–Kier alpha value is -2.31. The summed E-state index contributed by atoms with van der Waals surface area (Å²) >= 11 is 0. The zero-order valence-corrected chi connectivity index (χ0v) is 13.9. The number of carbonyl (C=O) groups excluding carboxylic acids is 1. The average Bonchev–Trinajstić information content (AvgIpc) is 3.05. The third kappa shape index (κ3) is 3.41. The minimum Gasteiger partial charge on any atom is -0.342 e. The number of nitrogens with one attached hydrogen (secondary N) is 2. The maximum Gasteiger partial charge on any atom is 0.227 e. The predicted molar refractivity (Wildman–Crippen MR) is 91.8 cm³/mol. The Morgan fingerprint density at radius 1 is 1.28 bits per heavy atom. The number of rotatable bonds is 3. The van der Waals surface area contributed by atoms with Gasteiger partial charge in [0, 0.05) is 37.4 Å². The molecule has 1 aromatic carbocycles. The Morgan fingerprint density at radius 2 is 2.20 bits per heavy atom. The highest BCUT2D eigenvalue weighted by atomic mass is 19.1. The number of piperidine rings is 1. The molecule has 0 radical (unpaired) electrons. The number of pyridine rings is 1. The van der Waals surface area contributed by atoms with E-state index in [0.29, 0.717) is 19.0 Å². The van der Waals surface area contributed by atoms with Crippen LogP contribution in [0.1, 0.15) is 23.6 Å². The molecule has 0 spiro atoms. The molecule has 0 saturated carbocycles. The number of likely N-dealkylation sites (tertiary alicyclic amines) is 1. The fourth-order valence-corrected chi connectivity index (χ4v) is 3.85. The van der Waals surface area contributed by atoms with E-state index in [1.54, 1.807) is 24.5 Å². The minimum absolute atomic E-state index is 0.00897. The van der Waals surface area contributed by atoms with Gasteiger partial charge in [0.1, 0.15) is 5.82 Å². The standard InChI is InChI=1S/C19H21FN4O/c20-15-5-1-4-14(10-15)19-16-12-24(8-6-17(16)22-23-19)18(25)9-13-3-2-7-21-11-13/h1-5,7,10-11,16-17,19,22-23H,6,8-9,12H2. The lowest BCUT2D eigenvalue weighted by molar-refractivity contribution is -0.132. The summed E-state index contributed by atoms with van der Waals surface area (Å²) in [6, 6.07) is 10.8. The van der Waals surface area contributed by atoms with Gasteiger partial charge >= 0.3 is 0 Å². The van der Waals surface area contributed by atoms with Crippen molar-refractivity contribution in [3.8, 4) is 0 Å². The first-order valence-corrected chi connectivity index (χ1v) is 8.64. The van der Waals surface area contributed by atoms with Crippen molar-refractivity contribution in [1.82, 2.24) is 20.7 Å². The van der Waals surface area contributed by atoms with Crippen molar-refractivity contribution >= 4 is 5.91 Å². The van der Waals surface area contributed by atoms with Crippen LogP contribution in [0, 0.1) is 11.7 Å². The molecule has 3 heterocycles.